The molecule has 0 aromatic heterocycles. The molecule has 0 aliphatic heterocycles. The minimum Gasteiger partial charge on any atom is -0.352 e. The van der Waals surface area contributed by atoms with Gasteiger partial charge in [0.1, 0.15) is 0 Å². The molecule has 2 aliphatic rings. The number of allylic oxidation sites excluding steroid dienone is 2. The van der Waals surface area contributed by atoms with Crippen molar-refractivity contribution in [3.63, 3.8) is 0 Å². The Balaban J connectivity index is 0.00000645. The van der Waals surface area contributed by atoms with Gasteiger partial charge in [0, 0.05) is 5.92 Å². The molecule has 0 saturated carbocycles. The van der Waals surface area contributed by atoms with Gasteiger partial charge >= 0.3 is 0 Å². The second-order valence-corrected chi connectivity index (χ2v) is 51.7. The van der Waals surface area contributed by atoms with Crippen LogP contribution in [0.3, 0.4) is 0 Å². The Morgan fingerprint density at radius 2 is 0.474 bits per heavy atom. The van der Waals surface area contributed by atoms with E-state index in [2.05, 4.69) is 225 Å². The minimum absolute atomic E-state index is 0.00507. The highest BCUT2D eigenvalue weighted by Crippen LogP contribution is 2.66. The van der Waals surface area contributed by atoms with E-state index < -0.39 is 23.5 Å². The van der Waals surface area contributed by atoms with Crippen LogP contribution in [0.5, 0.6) is 0 Å². The van der Waals surface area contributed by atoms with Crippen molar-refractivity contribution in [1.82, 2.24) is 0 Å². The van der Waals surface area contributed by atoms with Gasteiger partial charge in [-0.15, -0.1) is 0 Å². The first-order valence-corrected chi connectivity index (χ1v) is 62.0. The lowest BCUT2D eigenvalue weighted by Gasteiger charge is -2.56. The highest BCUT2D eigenvalue weighted by atomic mass is 31.2. The van der Waals surface area contributed by atoms with E-state index in [1.807, 2.05) is 33.0 Å². The molecule has 6 rings (SSSR count). The zero-order valence-corrected chi connectivity index (χ0v) is 98.0. The smallest absolute Gasteiger partial charge is 0.158 e. The lowest BCUT2D eigenvalue weighted by molar-refractivity contribution is 0.407. The molecule has 4 aromatic rings. The summed E-state index contributed by atoms with van der Waals surface area (Å²) >= 11 is 0. The standard InChI is InChI=1S/C132H226.H4O3P2/c1-25-31-37-43-49-55-61-67-73-79-85-91-109-110(92-86-80-74-68-62-56-50-44-38-32-26-2)112(94-88-82-76-70-64-58-52-46-40-34-28-4)123-122(111(109)93-87-81-75-69-63-57-51-45-39-33-27-3)124-114(95-89-83-77-71-65-59-53-47-41-35-29-5)121(113-100-97-106(126(7,8)9)103-118(113)129(16,17)18)117(96-90-84-78-72-66-60-54-48-42-36-30-6)132(125(123)124,115-101-98-107(127(10,11)12)104-119(115)130(19,20)21)116-102-99-108(128(13,14)15)105-120(116)131(22,23)24;1-4-3-5-2/h97-105,117H,25-96H2,1-24H3;1-2,4-5H. The number of hydrogen-bond donors (Lipinski definition) is 2. The molecule has 0 radical (unpaired) electrons. The fourth-order valence-corrected chi connectivity index (χ4v) is 23.9. The van der Waals surface area contributed by atoms with Crippen LogP contribution in [0.4, 0.5) is 0 Å². The lowest BCUT2D eigenvalue weighted by atomic mass is 9.46. The lowest BCUT2D eigenvalue weighted by Crippen LogP contribution is -2.57. The summed E-state index contributed by atoms with van der Waals surface area (Å²) in [5.41, 5.74) is 27.7. The summed E-state index contributed by atoms with van der Waals surface area (Å²) in [6.07, 6.45) is 98.4. The van der Waals surface area contributed by atoms with E-state index in [4.69, 9.17) is 9.79 Å². The van der Waals surface area contributed by atoms with Crippen LogP contribution in [-0.2, 0) is 67.9 Å². The van der Waals surface area contributed by atoms with Gasteiger partial charge in [0.15, 0.2) is 18.1 Å². The van der Waals surface area contributed by atoms with Gasteiger partial charge in [-0.1, -0.05) is 612 Å². The third kappa shape index (κ3) is 44.0. The summed E-state index contributed by atoms with van der Waals surface area (Å²) in [7, 11) is -1.16. The van der Waals surface area contributed by atoms with Crippen LogP contribution in [0.1, 0.15) is 675 Å². The molecule has 2 aliphatic carbocycles. The van der Waals surface area contributed by atoms with Crippen molar-refractivity contribution in [3.8, 4) is 0 Å². The van der Waals surface area contributed by atoms with Crippen LogP contribution in [-0.4, -0.2) is 9.79 Å². The molecule has 0 bridgehead atoms. The molecular formula is C132H230O3P2. The molecule has 4 aromatic carbocycles. The highest BCUT2D eigenvalue weighted by Gasteiger charge is 2.58. The van der Waals surface area contributed by atoms with Crippen molar-refractivity contribution in [1.29, 1.82) is 0 Å². The number of benzene rings is 4. The molecule has 0 heterocycles. The molecule has 0 fully saturated rings. The third-order valence-corrected chi connectivity index (χ3v) is 32.9. The van der Waals surface area contributed by atoms with Crippen molar-refractivity contribution in [2.75, 3.05) is 0 Å². The predicted molar refractivity (Wildman–Crippen MR) is 620 cm³/mol. The maximum atomic E-state index is 7.72. The average molecular weight is 1930 g/mol. The molecule has 0 spiro atoms. The summed E-state index contributed by atoms with van der Waals surface area (Å²) in [6, 6.07) is 25.2. The van der Waals surface area contributed by atoms with Crippen LogP contribution in [0.15, 0.2) is 60.2 Å². The Bertz CT molecular complexity index is 3910. The number of fused-ring (bicyclic) bond motifs is 2. The molecule has 0 saturated heterocycles. The fraction of sp³-hybridized carbons (Fsp3) is 0.788. The maximum Gasteiger partial charge on any atom is 0.158 e. The Morgan fingerprint density at radius 3 is 0.723 bits per heavy atom. The molecule has 0 amide bonds. The molecular weight excluding hydrogens is 1700 g/mol. The molecule has 5 heteroatoms. The SMILES string of the molecule is CCCCCCCCCCCCCC1=C(c2ccc(C(C)(C)C)cc2C(C)(C)C)C(CCCCCCCCCCCCC)C(c2ccc(C(C)(C)C)cc2C(C)(C)C)(c2ccc(C(C)(C)C)cc2C(C)(C)C)C2=c3c(CCCCCCCCCCCCC)c(CCCCCCCCCCCCC)c(CCCCCCCCCCCCC)c(CCCCCCCCCCCCC)c3=C12.OPOPO. The number of unbranched alkanes of at least 4 members (excludes halogenated alkanes) is 60. The van der Waals surface area contributed by atoms with Crippen LogP contribution >= 0.6 is 18.1 Å². The van der Waals surface area contributed by atoms with E-state index in [1.54, 1.807) is 55.3 Å². The van der Waals surface area contributed by atoms with Crippen LogP contribution in [0.25, 0.3) is 16.7 Å². The Morgan fingerprint density at radius 1 is 0.248 bits per heavy atom. The molecule has 3 unspecified atom stereocenters. The van der Waals surface area contributed by atoms with Gasteiger partial charge in [-0.25, -0.2) is 0 Å². The van der Waals surface area contributed by atoms with Crippen molar-refractivity contribution in [2.24, 2.45) is 5.92 Å². The monoisotopic (exact) mass is 1930 g/mol. The van der Waals surface area contributed by atoms with Gasteiger partial charge < -0.3 is 9.79 Å². The maximum absolute atomic E-state index is 7.72. The Hall–Kier alpha value is -2.90. The molecule has 3 atom stereocenters. The quantitative estimate of drug-likeness (QED) is 0.0342. The van der Waals surface area contributed by atoms with E-state index in [0.29, 0.717) is 0 Å². The molecule has 2 N–H and O–H groups in total. The van der Waals surface area contributed by atoms with Crippen molar-refractivity contribution in [3.05, 3.63) is 143 Å². The summed E-state index contributed by atoms with van der Waals surface area (Å²) in [4.78, 5) is 15.4. The number of hydrogen-bond acceptors (Lipinski definition) is 3. The Kier molecular flexibility index (Phi) is 63.0. The van der Waals surface area contributed by atoms with Crippen molar-refractivity contribution >= 4 is 34.8 Å². The zero-order chi connectivity index (χ0) is 100. The van der Waals surface area contributed by atoms with E-state index >= 15 is 0 Å². The van der Waals surface area contributed by atoms with Crippen molar-refractivity contribution in [2.45, 2.75) is 666 Å². The van der Waals surface area contributed by atoms with Gasteiger partial charge in [-0.3, -0.25) is 4.31 Å². The summed E-state index contributed by atoms with van der Waals surface area (Å²) in [5, 5.41) is 3.62. The predicted octanol–water partition coefficient (Wildman–Crippen LogP) is 42.7. The largest absolute Gasteiger partial charge is 0.352 e. The highest BCUT2D eigenvalue weighted by molar-refractivity contribution is 7.39. The molecule has 137 heavy (non-hydrogen) atoms. The average Bonchev–Trinajstić information content (AvgIpc) is 0.650. The molecule has 786 valence electrons. The van der Waals surface area contributed by atoms with Crippen molar-refractivity contribution < 1.29 is 14.1 Å². The van der Waals surface area contributed by atoms with Crippen LogP contribution in [0.2, 0.25) is 0 Å². The minimum atomic E-state index is -0.580. The second-order valence-electron chi connectivity index (χ2n) is 50.5. The van der Waals surface area contributed by atoms with E-state index in [9.17, 15) is 0 Å². The summed E-state index contributed by atoms with van der Waals surface area (Å²) < 4.78 is 4.00. The van der Waals surface area contributed by atoms with Gasteiger partial charge in [0.2, 0.25) is 0 Å². The van der Waals surface area contributed by atoms with Crippen LogP contribution < -0.4 is 10.4 Å². The fourth-order valence-electron chi connectivity index (χ4n) is 23.7. The number of rotatable bonds is 77. The normalized spacial score (nSPS) is 14.5. The van der Waals surface area contributed by atoms with Gasteiger partial charge in [0.05, 0.1) is 5.41 Å². The first-order chi connectivity index (χ1) is 65.7. The topological polar surface area (TPSA) is 49.7 Å². The van der Waals surface area contributed by atoms with Gasteiger partial charge in [0.25, 0.3) is 0 Å². The summed E-state index contributed by atoms with van der Waals surface area (Å²) in [5.74, 6) is 0.159. The van der Waals surface area contributed by atoms with Gasteiger partial charge in [-0.05, 0) is 208 Å². The van der Waals surface area contributed by atoms with E-state index in [1.165, 1.54) is 473 Å². The summed E-state index contributed by atoms with van der Waals surface area (Å²) in [6.45, 7) is 60.7. The van der Waals surface area contributed by atoms with Crippen LogP contribution in [0, 0.1) is 5.92 Å². The first-order valence-electron chi connectivity index (χ1n) is 60.3. The second kappa shape index (κ2) is 69.3. The third-order valence-electron chi connectivity index (χ3n) is 32.1. The first kappa shape index (κ1) is 125. The van der Waals surface area contributed by atoms with E-state index in [0.717, 1.165) is 6.42 Å². The van der Waals surface area contributed by atoms with E-state index in [-0.39, 0.29) is 38.4 Å². The van der Waals surface area contributed by atoms with Gasteiger partial charge in [-0.2, -0.15) is 0 Å². The zero-order valence-electron chi connectivity index (χ0n) is 96.0. The Labute approximate surface area is 858 Å². The molecule has 3 nitrogen and oxygen atoms in total.